The van der Waals surface area contributed by atoms with Gasteiger partial charge in [-0.3, -0.25) is 0 Å². The normalized spacial score (nSPS) is 15.8. The van der Waals surface area contributed by atoms with Crippen LogP contribution >= 0.6 is 0 Å². The van der Waals surface area contributed by atoms with Gasteiger partial charge in [-0.15, -0.1) is 0 Å². The summed E-state index contributed by atoms with van der Waals surface area (Å²) in [7, 11) is 0. The van der Waals surface area contributed by atoms with Gasteiger partial charge in [0.1, 0.15) is 0 Å². The Morgan fingerprint density at radius 2 is 1.08 bits per heavy atom. The zero-order chi connectivity index (χ0) is 10.1. The van der Waals surface area contributed by atoms with Crippen molar-refractivity contribution < 1.29 is 28.5 Å². The van der Waals surface area contributed by atoms with Crippen molar-refractivity contribution in [3.8, 4) is 0 Å². The topological polar surface area (TPSA) is 71.1 Å². The van der Waals surface area contributed by atoms with E-state index in [2.05, 4.69) is 32.8 Å². The van der Waals surface area contributed by atoms with Gasteiger partial charge in [0.15, 0.2) is 0 Å². The molecule has 6 nitrogen and oxygen atoms in total. The maximum atomic E-state index is 9.45. The Labute approximate surface area is 75.7 Å². The molecule has 6 heteroatoms. The molecule has 2 fully saturated rings. The second-order valence-corrected chi connectivity index (χ2v) is 2.02. The molecule has 13 heavy (non-hydrogen) atoms. The summed E-state index contributed by atoms with van der Waals surface area (Å²) in [6.45, 7) is 4.53. The first-order chi connectivity index (χ1) is 6.20. The number of cyclic esters (lactones) is 4. The summed E-state index contributed by atoms with van der Waals surface area (Å²) in [5.74, 6) is 0. The number of carbonyl (C=O) groups is 2. The van der Waals surface area contributed by atoms with Crippen LogP contribution in [0.4, 0.5) is 9.59 Å². The second-order valence-electron chi connectivity index (χ2n) is 2.02. The molecule has 2 saturated heterocycles. The van der Waals surface area contributed by atoms with Crippen molar-refractivity contribution >= 4 is 12.3 Å². The molecule has 0 N–H and O–H groups in total. The van der Waals surface area contributed by atoms with Crippen molar-refractivity contribution in [2.24, 2.45) is 0 Å². The van der Waals surface area contributed by atoms with E-state index in [1.807, 2.05) is 0 Å². The predicted molar refractivity (Wildman–Crippen MR) is 40.8 cm³/mol. The van der Waals surface area contributed by atoms with Gasteiger partial charge in [-0.2, -0.15) is 0 Å². The van der Waals surface area contributed by atoms with Gasteiger partial charge in [0, 0.05) is 0 Å². The Kier molecular flexibility index (Phi) is 6.39. The van der Waals surface area contributed by atoms with Crippen LogP contribution in [0.1, 0.15) is 20.3 Å². The summed E-state index contributed by atoms with van der Waals surface area (Å²) in [4.78, 5) is 18.9. The monoisotopic (exact) mass is 192 g/mol. The van der Waals surface area contributed by atoms with E-state index in [-0.39, 0.29) is 13.6 Å². The van der Waals surface area contributed by atoms with Gasteiger partial charge in [-0.05, 0) is 0 Å². The molecule has 0 aliphatic carbocycles. The third kappa shape index (κ3) is 6.92. The Morgan fingerprint density at radius 3 is 1.08 bits per heavy atom. The van der Waals surface area contributed by atoms with E-state index >= 15 is 0 Å². The number of hydrogen-bond donors (Lipinski definition) is 0. The molecule has 76 valence electrons. The molecule has 0 unspecified atom stereocenters. The molecule has 0 amide bonds. The van der Waals surface area contributed by atoms with E-state index in [1.54, 1.807) is 0 Å². The number of hydrogen-bond acceptors (Lipinski definition) is 6. The van der Waals surface area contributed by atoms with Crippen LogP contribution in [0, 0.1) is 0 Å². The van der Waals surface area contributed by atoms with Crippen molar-refractivity contribution in [2.45, 2.75) is 20.3 Å². The molecule has 0 saturated carbocycles. The zero-order valence-corrected chi connectivity index (χ0v) is 7.57. The summed E-state index contributed by atoms with van der Waals surface area (Å²) in [6.07, 6.45) is 0.120. The van der Waals surface area contributed by atoms with Crippen LogP contribution in [0.2, 0.25) is 0 Å². The Morgan fingerprint density at radius 1 is 0.923 bits per heavy atom. The third-order valence-corrected chi connectivity index (χ3v) is 0.707. The summed E-state index contributed by atoms with van der Waals surface area (Å²) in [6, 6.07) is 0. The fourth-order valence-corrected chi connectivity index (χ4v) is 0.214. The maximum Gasteiger partial charge on any atom is 0.514 e. The van der Waals surface area contributed by atoms with Crippen LogP contribution < -0.4 is 0 Å². The lowest BCUT2D eigenvalue weighted by molar-refractivity contribution is -0.103. The quantitative estimate of drug-likeness (QED) is 0.543. The lowest BCUT2D eigenvalue weighted by Gasteiger charge is -2.10. The smallest absolute Gasteiger partial charge is 0.396 e. The first-order valence-corrected chi connectivity index (χ1v) is 3.79. The molecule has 0 bridgehead atoms. The summed E-state index contributed by atoms with van der Waals surface area (Å²) >= 11 is 0. The van der Waals surface area contributed by atoms with Crippen LogP contribution in [0.15, 0.2) is 0 Å². The molecule has 0 aromatic carbocycles. The number of carbonyl (C=O) groups excluding carboxylic acids is 2. The maximum absolute atomic E-state index is 9.45. The van der Waals surface area contributed by atoms with Crippen LogP contribution in [0.3, 0.4) is 0 Å². The highest BCUT2D eigenvalue weighted by atomic mass is 16.9. The fourth-order valence-electron chi connectivity index (χ4n) is 0.214. The number of ether oxygens (including phenoxy) is 4. The predicted octanol–water partition coefficient (Wildman–Crippen LogP) is 1.64. The second kappa shape index (κ2) is 7.20. The molecule has 0 radical (unpaired) electrons. The van der Waals surface area contributed by atoms with E-state index in [0.717, 1.165) is 0 Å². The first kappa shape index (κ1) is 11.5. The zero-order valence-electron chi connectivity index (χ0n) is 7.57. The fraction of sp³-hybridized carbons (Fsp3) is 0.714. The van der Waals surface area contributed by atoms with Gasteiger partial charge >= 0.3 is 12.3 Å². The molecular formula is C7H12O6. The van der Waals surface area contributed by atoms with E-state index < -0.39 is 12.3 Å². The highest BCUT2D eigenvalue weighted by Gasteiger charge is 2.12. The molecule has 0 spiro atoms. The lowest BCUT2D eigenvalue weighted by atomic mass is 10.6. The van der Waals surface area contributed by atoms with Gasteiger partial charge in [0.25, 0.3) is 0 Å². The first-order valence-electron chi connectivity index (χ1n) is 3.79. The van der Waals surface area contributed by atoms with E-state index in [4.69, 9.17) is 0 Å². The average Bonchev–Trinajstić information content (AvgIpc) is 2.00. The highest BCUT2D eigenvalue weighted by molar-refractivity contribution is 5.63. The molecule has 2 aliphatic rings. The summed E-state index contributed by atoms with van der Waals surface area (Å²) in [5.41, 5.74) is 0. The van der Waals surface area contributed by atoms with Crippen LogP contribution in [0.5, 0.6) is 0 Å². The largest absolute Gasteiger partial charge is 0.514 e. The Balaban J connectivity index is 0.000000174. The highest BCUT2D eigenvalue weighted by Crippen LogP contribution is 1.94. The van der Waals surface area contributed by atoms with Crippen molar-refractivity contribution in [3.63, 3.8) is 0 Å². The molecule has 2 heterocycles. The summed E-state index contributed by atoms with van der Waals surface area (Å²) < 4.78 is 16.3. The minimum Gasteiger partial charge on any atom is -0.396 e. The van der Waals surface area contributed by atoms with Crippen LogP contribution in [-0.4, -0.2) is 25.9 Å². The van der Waals surface area contributed by atoms with Crippen molar-refractivity contribution in [2.75, 3.05) is 13.6 Å². The van der Waals surface area contributed by atoms with Crippen molar-refractivity contribution in [1.29, 1.82) is 0 Å². The van der Waals surface area contributed by atoms with Gasteiger partial charge in [-0.1, -0.05) is 20.3 Å². The Bertz CT molecular complexity index is 136. The van der Waals surface area contributed by atoms with Crippen LogP contribution in [0.25, 0.3) is 0 Å². The standard InChI is InChI=1S/C3H8.2C2H2O3/c1-3-2;2*3-2-4-1-5-2/h3H2,1-2H3;2*1H2. The minimum absolute atomic E-state index is 0.138. The van der Waals surface area contributed by atoms with Crippen LogP contribution in [-0.2, 0) is 18.9 Å². The summed E-state index contributed by atoms with van der Waals surface area (Å²) in [5, 5.41) is 0. The average molecular weight is 192 g/mol. The van der Waals surface area contributed by atoms with Gasteiger partial charge < -0.3 is 18.9 Å². The van der Waals surface area contributed by atoms with E-state index in [1.165, 1.54) is 6.42 Å². The lowest BCUT2D eigenvalue weighted by Crippen LogP contribution is -2.21. The van der Waals surface area contributed by atoms with Gasteiger partial charge in [0.05, 0.1) is 0 Å². The third-order valence-electron chi connectivity index (χ3n) is 0.707. The molecule has 2 aliphatic heterocycles. The van der Waals surface area contributed by atoms with Crippen molar-refractivity contribution in [3.05, 3.63) is 0 Å². The molecule has 0 aromatic rings. The van der Waals surface area contributed by atoms with E-state index in [0.29, 0.717) is 0 Å². The molecule has 2 rings (SSSR count). The molecule has 0 aromatic heterocycles. The van der Waals surface area contributed by atoms with Gasteiger partial charge in [-0.25, -0.2) is 9.59 Å². The number of rotatable bonds is 0. The molecule has 0 atom stereocenters. The Hall–Kier alpha value is -1.46. The van der Waals surface area contributed by atoms with Gasteiger partial charge in [0.2, 0.25) is 13.6 Å². The van der Waals surface area contributed by atoms with Crippen molar-refractivity contribution in [1.82, 2.24) is 0 Å². The SMILES string of the molecule is CCC.O=C1OCO1.O=C1OCO1. The molecular weight excluding hydrogens is 180 g/mol. The van der Waals surface area contributed by atoms with E-state index in [9.17, 15) is 9.59 Å². The minimum atomic E-state index is -0.565.